The topological polar surface area (TPSA) is 85.1 Å². The second-order valence-electron chi connectivity index (χ2n) is 5.96. The number of benzene rings is 1. The number of nitrogens with one attached hydrogen (secondary N) is 2. The van der Waals surface area contributed by atoms with Crippen molar-refractivity contribution in [2.45, 2.75) is 26.6 Å². The summed E-state index contributed by atoms with van der Waals surface area (Å²) in [6.45, 7) is 0.360. The summed E-state index contributed by atoms with van der Waals surface area (Å²) in [5, 5.41) is 14.6. The molecular formula is C19H23F2IN6O2. The van der Waals surface area contributed by atoms with Crippen LogP contribution in [-0.2, 0) is 13.1 Å². The highest BCUT2D eigenvalue weighted by molar-refractivity contribution is 14.0. The molecule has 0 aliphatic rings. The Morgan fingerprint density at radius 2 is 2.00 bits per heavy atom. The van der Waals surface area contributed by atoms with Gasteiger partial charge in [-0.1, -0.05) is 12.1 Å². The Hall–Kier alpha value is -2.70. The maximum Gasteiger partial charge on any atom is 0.387 e. The molecule has 30 heavy (non-hydrogen) atoms. The minimum absolute atomic E-state index is 0. The Morgan fingerprint density at radius 1 is 1.17 bits per heavy atom. The number of pyridine rings is 1. The number of methoxy groups -OCH3 is 1. The third-order valence-corrected chi connectivity index (χ3v) is 4.01. The van der Waals surface area contributed by atoms with E-state index in [1.54, 1.807) is 12.1 Å². The van der Waals surface area contributed by atoms with E-state index in [1.165, 1.54) is 13.2 Å². The van der Waals surface area contributed by atoms with Crippen molar-refractivity contribution in [2.75, 3.05) is 13.7 Å². The summed E-state index contributed by atoms with van der Waals surface area (Å²) in [5.41, 5.74) is 1.46. The molecule has 8 nitrogen and oxygen atoms in total. The van der Waals surface area contributed by atoms with Crippen LogP contribution in [-0.4, -0.2) is 40.8 Å². The molecule has 3 aromatic rings. The first-order chi connectivity index (χ1) is 14.1. The number of ether oxygens (including phenoxy) is 2. The van der Waals surface area contributed by atoms with Crippen LogP contribution in [0.2, 0.25) is 0 Å². The molecule has 0 unspecified atom stereocenters. The lowest BCUT2D eigenvalue weighted by atomic mass is 10.2. The molecule has 3 rings (SSSR count). The van der Waals surface area contributed by atoms with E-state index >= 15 is 0 Å². The number of nitrogens with zero attached hydrogens (tertiary/aromatic N) is 4. The van der Waals surface area contributed by atoms with Crippen molar-refractivity contribution in [3.63, 3.8) is 0 Å². The third kappa shape index (κ3) is 6.15. The Labute approximate surface area is 189 Å². The fourth-order valence-electron chi connectivity index (χ4n) is 2.69. The van der Waals surface area contributed by atoms with Crippen LogP contribution in [0, 0.1) is 0 Å². The average Bonchev–Trinajstić information content (AvgIpc) is 3.13. The number of hydrogen-bond acceptors (Lipinski definition) is 5. The number of halogens is 3. The van der Waals surface area contributed by atoms with Gasteiger partial charge in [0.1, 0.15) is 0 Å². The normalized spacial score (nSPS) is 11.3. The summed E-state index contributed by atoms with van der Waals surface area (Å²) in [6, 6.07) is 10.5. The highest BCUT2D eigenvalue weighted by atomic mass is 127. The van der Waals surface area contributed by atoms with Gasteiger partial charge in [-0.2, -0.15) is 8.78 Å². The largest absolute Gasteiger partial charge is 0.493 e. The molecule has 2 heterocycles. The zero-order chi connectivity index (χ0) is 20.6. The van der Waals surface area contributed by atoms with Crippen molar-refractivity contribution in [3.05, 3.63) is 54.0 Å². The van der Waals surface area contributed by atoms with Gasteiger partial charge in [-0.3, -0.25) is 4.40 Å². The molecular weight excluding hydrogens is 509 g/mol. The fourth-order valence-corrected chi connectivity index (χ4v) is 2.69. The summed E-state index contributed by atoms with van der Waals surface area (Å²) in [6.07, 6.45) is 1.89. The number of hydrogen-bond donors (Lipinski definition) is 2. The van der Waals surface area contributed by atoms with Crippen molar-refractivity contribution >= 4 is 35.6 Å². The molecule has 0 spiro atoms. The van der Waals surface area contributed by atoms with Gasteiger partial charge in [-0.15, -0.1) is 34.2 Å². The monoisotopic (exact) mass is 532 g/mol. The maximum absolute atomic E-state index is 12.6. The summed E-state index contributed by atoms with van der Waals surface area (Å²) in [4.78, 5) is 4.49. The van der Waals surface area contributed by atoms with Crippen LogP contribution in [0.4, 0.5) is 8.78 Å². The predicted molar refractivity (Wildman–Crippen MR) is 120 cm³/mol. The lowest BCUT2D eigenvalue weighted by molar-refractivity contribution is -0.0512. The standard InChI is InChI=1S/C19H22F2N6O2.HI/c1-3-22-19(24-12-17-26-25-16-6-4-5-9-27(16)17)23-11-13-7-8-14(28-2)15(10-13)29-18(20)21;/h4-10,18H,3,11-12H2,1-2H3,(H2,22,23,24);1H. The third-order valence-electron chi connectivity index (χ3n) is 4.01. The summed E-state index contributed by atoms with van der Waals surface area (Å²) in [5.74, 6) is 1.51. The average molecular weight is 532 g/mol. The minimum atomic E-state index is -2.93. The lowest BCUT2D eigenvalue weighted by Gasteiger charge is -2.12. The molecule has 0 radical (unpaired) electrons. The van der Waals surface area contributed by atoms with Crippen molar-refractivity contribution in [2.24, 2.45) is 4.99 Å². The second kappa shape index (κ2) is 11.5. The van der Waals surface area contributed by atoms with Crippen molar-refractivity contribution in [3.8, 4) is 11.5 Å². The number of fused-ring (bicyclic) bond motifs is 1. The molecule has 0 aliphatic carbocycles. The summed E-state index contributed by atoms with van der Waals surface area (Å²) < 4.78 is 36.6. The van der Waals surface area contributed by atoms with Gasteiger partial charge in [0.2, 0.25) is 0 Å². The smallest absolute Gasteiger partial charge is 0.387 e. The SMILES string of the molecule is CCNC(=NCc1ccc(OC)c(OC(F)F)c1)NCc1nnc2ccccn12.I. The van der Waals surface area contributed by atoms with Crippen LogP contribution >= 0.6 is 24.0 Å². The van der Waals surface area contributed by atoms with Gasteiger partial charge in [0.05, 0.1) is 20.2 Å². The Bertz CT molecular complexity index is 983. The van der Waals surface area contributed by atoms with Gasteiger partial charge in [0, 0.05) is 12.7 Å². The van der Waals surface area contributed by atoms with E-state index in [0.29, 0.717) is 24.6 Å². The number of aliphatic imine (C=N–C) groups is 1. The first kappa shape index (κ1) is 23.6. The lowest BCUT2D eigenvalue weighted by Crippen LogP contribution is -2.37. The van der Waals surface area contributed by atoms with Gasteiger partial charge < -0.3 is 20.1 Å². The Morgan fingerprint density at radius 3 is 2.73 bits per heavy atom. The fraction of sp³-hybridized carbons (Fsp3) is 0.316. The van der Waals surface area contributed by atoms with Crippen molar-refractivity contribution in [1.82, 2.24) is 25.2 Å². The Balaban J connectivity index is 0.00000320. The van der Waals surface area contributed by atoms with Crippen LogP contribution in [0.3, 0.4) is 0 Å². The number of guanidine groups is 1. The molecule has 0 atom stereocenters. The molecule has 0 aliphatic heterocycles. The summed E-state index contributed by atoms with van der Waals surface area (Å²) >= 11 is 0. The molecule has 0 fully saturated rings. The van der Waals surface area contributed by atoms with Crippen LogP contribution < -0.4 is 20.1 Å². The van der Waals surface area contributed by atoms with E-state index in [9.17, 15) is 8.78 Å². The van der Waals surface area contributed by atoms with Gasteiger partial charge in [-0.25, -0.2) is 4.99 Å². The molecule has 0 saturated carbocycles. The first-order valence-electron chi connectivity index (χ1n) is 9.03. The number of alkyl halides is 2. The van der Waals surface area contributed by atoms with Gasteiger partial charge >= 0.3 is 6.61 Å². The minimum Gasteiger partial charge on any atom is -0.493 e. The van der Waals surface area contributed by atoms with Crippen LogP contribution in [0.5, 0.6) is 11.5 Å². The van der Waals surface area contributed by atoms with E-state index in [-0.39, 0.29) is 42.0 Å². The number of aromatic nitrogens is 3. The molecule has 2 N–H and O–H groups in total. The van der Waals surface area contributed by atoms with E-state index in [0.717, 1.165) is 11.5 Å². The molecule has 11 heteroatoms. The first-order valence-corrected chi connectivity index (χ1v) is 9.03. The molecule has 1 aromatic carbocycles. The van der Waals surface area contributed by atoms with E-state index in [2.05, 4.69) is 30.6 Å². The zero-order valence-corrected chi connectivity index (χ0v) is 18.8. The molecule has 162 valence electrons. The number of rotatable bonds is 8. The molecule has 0 bridgehead atoms. The summed E-state index contributed by atoms with van der Waals surface area (Å²) in [7, 11) is 1.40. The van der Waals surface area contributed by atoms with Gasteiger partial charge in [0.25, 0.3) is 0 Å². The quantitative estimate of drug-likeness (QED) is 0.264. The van der Waals surface area contributed by atoms with E-state index in [1.807, 2.05) is 35.7 Å². The van der Waals surface area contributed by atoms with Crippen LogP contribution in [0.15, 0.2) is 47.6 Å². The van der Waals surface area contributed by atoms with Crippen LogP contribution in [0.25, 0.3) is 5.65 Å². The second-order valence-corrected chi connectivity index (χ2v) is 5.96. The molecule has 0 saturated heterocycles. The predicted octanol–water partition coefficient (Wildman–Crippen LogP) is 3.21. The highest BCUT2D eigenvalue weighted by Gasteiger charge is 2.11. The van der Waals surface area contributed by atoms with Gasteiger partial charge in [-0.05, 0) is 36.8 Å². The van der Waals surface area contributed by atoms with Crippen LogP contribution in [0.1, 0.15) is 18.3 Å². The van der Waals surface area contributed by atoms with Crippen molar-refractivity contribution < 1.29 is 18.3 Å². The van der Waals surface area contributed by atoms with Gasteiger partial charge in [0.15, 0.2) is 28.9 Å². The highest BCUT2D eigenvalue weighted by Crippen LogP contribution is 2.29. The van der Waals surface area contributed by atoms with E-state index < -0.39 is 6.61 Å². The van der Waals surface area contributed by atoms with Crippen molar-refractivity contribution in [1.29, 1.82) is 0 Å². The molecule has 0 amide bonds. The maximum atomic E-state index is 12.6. The van der Waals surface area contributed by atoms with E-state index in [4.69, 9.17) is 4.74 Å². The zero-order valence-electron chi connectivity index (χ0n) is 16.5. The Kier molecular flexibility index (Phi) is 9.02. The molecule has 2 aromatic heterocycles.